The molecular formula is C19H22N6O. The molecule has 1 fully saturated rings. The highest BCUT2D eigenvalue weighted by atomic mass is 16.3. The molecule has 5 heterocycles. The quantitative estimate of drug-likeness (QED) is 0.759. The van der Waals surface area contributed by atoms with Gasteiger partial charge in [-0.2, -0.15) is 0 Å². The van der Waals surface area contributed by atoms with E-state index in [0.29, 0.717) is 0 Å². The van der Waals surface area contributed by atoms with Crippen LogP contribution >= 0.6 is 0 Å². The molecule has 0 unspecified atom stereocenters. The standard InChI is InChI=1S/C19H22N6O/c1-23-5-2-13-8-14(9-22-19(13)23)16-10-21-17-11-20-12-18(25(16)17)24-6-3-15(26)4-7-24/h8-12,15,26H,2-7H2,1H3. The van der Waals surface area contributed by atoms with E-state index in [1.165, 1.54) is 5.56 Å². The number of hydrogen-bond donors (Lipinski definition) is 1. The molecule has 0 atom stereocenters. The molecule has 5 rings (SSSR count). The number of aliphatic hydroxyl groups excluding tert-OH is 1. The number of rotatable bonds is 2. The number of hydrogen-bond acceptors (Lipinski definition) is 6. The molecule has 0 radical (unpaired) electrons. The van der Waals surface area contributed by atoms with Crippen molar-refractivity contribution in [3.63, 3.8) is 0 Å². The first-order valence-corrected chi connectivity index (χ1v) is 9.15. The van der Waals surface area contributed by atoms with Crippen molar-refractivity contribution in [3.05, 3.63) is 36.4 Å². The fraction of sp³-hybridized carbons (Fsp3) is 0.421. The Morgan fingerprint density at radius 1 is 1.04 bits per heavy atom. The van der Waals surface area contributed by atoms with Crippen LogP contribution in [0.1, 0.15) is 18.4 Å². The number of pyridine rings is 1. The lowest BCUT2D eigenvalue weighted by atomic mass is 10.1. The van der Waals surface area contributed by atoms with Crippen molar-refractivity contribution in [2.45, 2.75) is 25.4 Å². The Kier molecular flexibility index (Phi) is 3.56. The third-order valence-corrected chi connectivity index (χ3v) is 5.50. The summed E-state index contributed by atoms with van der Waals surface area (Å²) in [5.74, 6) is 2.11. The van der Waals surface area contributed by atoms with Crippen LogP contribution in [0.3, 0.4) is 0 Å². The van der Waals surface area contributed by atoms with Crippen LogP contribution in [-0.4, -0.2) is 57.2 Å². The molecule has 0 aromatic carbocycles. The molecule has 3 aromatic heterocycles. The Bertz CT molecular complexity index is 960. The van der Waals surface area contributed by atoms with Gasteiger partial charge in [0.2, 0.25) is 0 Å². The minimum atomic E-state index is -0.196. The van der Waals surface area contributed by atoms with Gasteiger partial charge in [-0.1, -0.05) is 0 Å². The van der Waals surface area contributed by atoms with E-state index >= 15 is 0 Å². The second-order valence-corrected chi connectivity index (χ2v) is 7.20. The second-order valence-electron chi connectivity index (χ2n) is 7.20. The lowest BCUT2D eigenvalue weighted by Crippen LogP contribution is -2.36. The maximum absolute atomic E-state index is 9.82. The monoisotopic (exact) mass is 350 g/mol. The Hall–Kier alpha value is -2.67. The molecule has 1 saturated heterocycles. The van der Waals surface area contributed by atoms with Gasteiger partial charge in [0.1, 0.15) is 11.6 Å². The zero-order chi connectivity index (χ0) is 17.7. The van der Waals surface area contributed by atoms with Crippen LogP contribution in [0.15, 0.2) is 30.9 Å². The maximum atomic E-state index is 9.82. The van der Waals surface area contributed by atoms with Crippen LogP contribution in [0.25, 0.3) is 16.9 Å². The topological polar surface area (TPSA) is 69.8 Å². The Balaban J connectivity index is 1.61. The molecule has 0 aliphatic carbocycles. The summed E-state index contributed by atoms with van der Waals surface area (Å²) >= 11 is 0. The van der Waals surface area contributed by atoms with Crippen molar-refractivity contribution in [1.29, 1.82) is 0 Å². The molecule has 0 bridgehead atoms. The lowest BCUT2D eigenvalue weighted by Gasteiger charge is -2.31. The summed E-state index contributed by atoms with van der Waals surface area (Å²) in [7, 11) is 2.08. The van der Waals surface area contributed by atoms with Crippen LogP contribution in [0, 0.1) is 0 Å². The Morgan fingerprint density at radius 3 is 2.73 bits per heavy atom. The molecule has 0 amide bonds. The number of nitrogens with zero attached hydrogens (tertiary/aromatic N) is 6. The van der Waals surface area contributed by atoms with Gasteiger partial charge in [-0.25, -0.2) is 9.97 Å². The van der Waals surface area contributed by atoms with E-state index in [4.69, 9.17) is 0 Å². The van der Waals surface area contributed by atoms with Gasteiger partial charge < -0.3 is 14.9 Å². The summed E-state index contributed by atoms with van der Waals surface area (Å²) < 4.78 is 2.16. The Morgan fingerprint density at radius 2 is 1.88 bits per heavy atom. The number of imidazole rings is 1. The number of aromatic nitrogens is 4. The van der Waals surface area contributed by atoms with Crippen molar-refractivity contribution in [2.24, 2.45) is 0 Å². The summed E-state index contributed by atoms with van der Waals surface area (Å²) in [5, 5.41) is 9.82. The first kappa shape index (κ1) is 15.6. The summed E-state index contributed by atoms with van der Waals surface area (Å²) in [6, 6.07) is 2.24. The molecule has 3 aromatic rings. The maximum Gasteiger partial charge on any atom is 0.157 e. The highest BCUT2D eigenvalue weighted by molar-refractivity contribution is 5.69. The van der Waals surface area contributed by atoms with Gasteiger partial charge in [0.15, 0.2) is 5.65 Å². The molecule has 0 saturated carbocycles. The largest absolute Gasteiger partial charge is 0.393 e. The molecule has 134 valence electrons. The molecule has 7 heteroatoms. The first-order valence-electron chi connectivity index (χ1n) is 9.15. The van der Waals surface area contributed by atoms with E-state index in [2.05, 4.69) is 42.3 Å². The third kappa shape index (κ3) is 2.42. The zero-order valence-electron chi connectivity index (χ0n) is 14.8. The van der Waals surface area contributed by atoms with Crippen molar-refractivity contribution in [3.8, 4) is 11.3 Å². The minimum absolute atomic E-state index is 0.196. The number of piperidine rings is 1. The van der Waals surface area contributed by atoms with Crippen molar-refractivity contribution >= 4 is 17.3 Å². The normalized spacial score (nSPS) is 17.9. The van der Waals surface area contributed by atoms with Gasteiger partial charge >= 0.3 is 0 Å². The molecular weight excluding hydrogens is 328 g/mol. The van der Waals surface area contributed by atoms with E-state index in [1.807, 2.05) is 18.6 Å². The van der Waals surface area contributed by atoms with Gasteiger partial charge in [-0.05, 0) is 30.9 Å². The molecule has 2 aliphatic rings. The molecule has 2 aliphatic heterocycles. The molecule has 0 spiro atoms. The van der Waals surface area contributed by atoms with E-state index < -0.39 is 0 Å². The average molecular weight is 350 g/mol. The van der Waals surface area contributed by atoms with E-state index in [9.17, 15) is 5.11 Å². The van der Waals surface area contributed by atoms with E-state index in [-0.39, 0.29) is 6.10 Å². The van der Waals surface area contributed by atoms with Crippen molar-refractivity contribution in [1.82, 2.24) is 19.4 Å². The number of aliphatic hydroxyl groups is 1. The van der Waals surface area contributed by atoms with E-state index in [1.54, 1.807) is 6.20 Å². The van der Waals surface area contributed by atoms with Gasteiger partial charge in [-0.15, -0.1) is 0 Å². The summed E-state index contributed by atoms with van der Waals surface area (Å²) in [6.07, 6.45) is 9.93. The summed E-state index contributed by atoms with van der Waals surface area (Å²) in [6.45, 7) is 2.67. The summed E-state index contributed by atoms with van der Waals surface area (Å²) in [5.41, 5.74) is 4.24. The Labute approximate surface area is 151 Å². The number of likely N-dealkylation sites (N-methyl/N-ethyl adjacent to an activating group) is 1. The number of anilines is 2. The van der Waals surface area contributed by atoms with Crippen LogP contribution in [0.2, 0.25) is 0 Å². The third-order valence-electron chi connectivity index (χ3n) is 5.50. The second kappa shape index (κ2) is 5.95. The van der Waals surface area contributed by atoms with Crippen LogP contribution in [0.4, 0.5) is 11.6 Å². The fourth-order valence-electron chi connectivity index (χ4n) is 4.01. The van der Waals surface area contributed by atoms with Gasteiger partial charge in [0.05, 0.1) is 30.4 Å². The van der Waals surface area contributed by atoms with Crippen LogP contribution < -0.4 is 9.80 Å². The highest BCUT2D eigenvalue weighted by Crippen LogP contribution is 2.31. The van der Waals surface area contributed by atoms with Crippen molar-refractivity contribution in [2.75, 3.05) is 36.5 Å². The average Bonchev–Trinajstić information content (AvgIpc) is 3.26. The molecule has 26 heavy (non-hydrogen) atoms. The van der Waals surface area contributed by atoms with Crippen molar-refractivity contribution < 1.29 is 5.11 Å². The fourth-order valence-corrected chi connectivity index (χ4v) is 4.01. The van der Waals surface area contributed by atoms with Crippen LogP contribution in [-0.2, 0) is 6.42 Å². The van der Waals surface area contributed by atoms with Gasteiger partial charge in [0, 0.05) is 38.4 Å². The first-order chi connectivity index (χ1) is 12.7. The predicted molar refractivity (Wildman–Crippen MR) is 101 cm³/mol. The highest BCUT2D eigenvalue weighted by Gasteiger charge is 2.22. The zero-order valence-corrected chi connectivity index (χ0v) is 14.8. The predicted octanol–water partition coefficient (Wildman–Crippen LogP) is 1.74. The van der Waals surface area contributed by atoms with Gasteiger partial charge in [-0.3, -0.25) is 9.38 Å². The SMILES string of the molecule is CN1CCc2cc(-c3cnc4cncc(N5CCC(O)CC5)n34)cnc21. The lowest BCUT2D eigenvalue weighted by molar-refractivity contribution is 0.145. The van der Waals surface area contributed by atoms with Crippen LogP contribution in [0.5, 0.6) is 0 Å². The summed E-state index contributed by atoms with van der Waals surface area (Å²) in [4.78, 5) is 18.1. The van der Waals surface area contributed by atoms with E-state index in [0.717, 1.165) is 67.4 Å². The number of fused-ring (bicyclic) bond motifs is 2. The smallest absolute Gasteiger partial charge is 0.157 e. The molecule has 7 nitrogen and oxygen atoms in total. The van der Waals surface area contributed by atoms with Gasteiger partial charge in [0.25, 0.3) is 0 Å². The molecule has 1 N–H and O–H groups in total. The minimum Gasteiger partial charge on any atom is -0.393 e.